The molecule has 0 bridgehead atoms. The number of carbonyl (C=O) groups is 2. The second-order valence-corrected chi connectivity index (χ2v) is 12.6. The zero-order chi connectivity index (χ0) is 35.0. The number of rotatable bonds is 34. The molecule has 5 nitrogen and oxygen atoms in total. The maximum atomic E-state index is 12.2. The Labute approximate surface area is 295 Å². The van der Waals surface area contributed by atoms with Gasteiger partial charge in [0.15, 0.2) is 6.10 Å². The van der Waals surface area contributed by atoms with E-state index in [1.807, 2.05) is 0 Å². The van der Waals surface area contributed by atoms with Crippen molar-refractivity contribution in [2.24, 2.45) is 0 Å². The average Bonchev–Trinajstić information content (AvgIpc) is 3.09. The summed E-state index contributed by atoms with van der Waals surface area (Å²) in [6.07, 6.45) is 51.0. The molecule has 0 heterocycles. The van der Waals surface area contributed by atoms with E-state index < -0.39 is 6.10 Å². The minimum absolute atomic E-state index is 0.105. The van der Waals surface area contributed by atoms with E-state index in [0.29, 0.717) is 19.3 Å². The Morgan fingerprint density at radius 2 is 0.854 bits per heavy atom. The van der Waals surface area contributed by atoms with Gasteiger partial charge in [-0.05, 0) is 83.5 Å². The summed E-state index contributed by atoms with van der Waals surface area (Å²) in [6.45, 7) is 4.02. The van der Waals surface area contributed by atoms with Crippen LogP contribution in [0.5, 0.6) is 0 Å². The molecule has 1 atom stereocenters. The van der Waals surface area contributed by atoms with E-state index >= 15 is 0 Å². The summed E-state index contributed by atoms with van der Waals surface area (Å²) >= 11 is 0. The molecule has 0 aliphatic carbocycles. The molecular formula is C43H72O5. The van der Waals surface area contributed by atoms with Gasteiger partial charge in [-0.1, -0.05) is 145 Å². The quantitative estimate of drug-likeness (QED) is 0.0420. The molecule has 48 heavy (non-hydrogen) atoms. The van der Waals surface area contributed by atoms with Crippen LogP contribution in [0, 0.1) is 0 Å². The molecule has 0 rings (SSSR count). The van der Waals surface area contributed by atoms with E-state index in [-0.39, 0.29) is 25.2 Å². The predicted octanol–water partition coefficient (Wildman–Crippen LogP) is 12.2. The summed E-state index contributed by atoms with van der Waals surface area (Å²) in [4.78, 5) is 24.2. The fourth-order valence-corrected chi connectivity index (χ4v) is 4.99. The Morgan fingerprint density at radius 3 is 1.35 bits per heavy atom. The van der Waals surface area contributed by atoms with Crippen molar-refractivity contribution in [2.75, 3.05) is 13.2 Å². The maximum Gasteiger partial charge on any atom is 0.306 e. The van der Waals surface area contributed by atoms with Crippen molar-refractivity contribution in [3.8, 4) is 0 Å². The van der Waals surface area contributed by atoms with Gasteiger partial charge in [-0.2, -0.15) is 0 Å². The standard InChI is InChI=1S/C43H72O5/c1-3-5-7-9-11-13-15-17-19-21-23-25-27-29-31-33-35-37-42(45)47-40-41(39-44)48-43(46)38-36-34-32-30-28-26-24-22-20-18-16-14-12-10-8-6-4-2/h12,14,17-20,23-26,29,31,41,44H,3-11,13,15-16,21-22,27-28,30,32-40H2,1-2H3/t41-/m0/s1. The van der Waals surface area contributed by atoms with Gasteiger partial charge < -0.3 is 14.6 Å². The summed E-state index contributed by atoms with van der Waals surface area (Å²) in [5.41, 5.74) is 0. The number of unbranched alkanes of at least 4 members (excludes halogenated alkanes) is 14. The molecule has 0 fully saturated rings. The van der Waals surface area contributed by atoms with Crippen LogP contribution in [0.15, 0.2) is 72.9 Å². The van der Waals surface area contributed by atoms with Gasteiger partial charge in [-0.3, -0.25) is 9.59 Å². The number of allylic oxidation sites excluding steroid dienone is 12. The lowest BCUT2D eigenvalue weighted by Crippen LogP contribution is -2.28. The second-order valence-electron chi connectivity index (χ2n) is 12.6. The highest BCUT2D eigenvalue weighted by atomic mass is 16.6. The Kier molecular flexibility index (Phi) is 36.6. The minimum Gasteiger partial charge on any atom is -0.462 e. The van der Waals surface area contributed by atoms with Gasteiger partial charge in [0, 0.05) is 12.8 Å². The molecule has 0 unspecified atom stereocenters. The molecule has 0 spiro atoms. The van der Waals surface area contributed by atoms with Crippen LogP contribution in [0.3, 0.4) is 0 Å². The first kappa shape index (κ1) is 45.3. The molecule has 0 aliphatic heterocycles. The fourth-order valence-electron chi connectivity index (χ4n) is 4.99. The van der Waals surface area contributed by atoms with Crippen molar-refractivity contribution in [1.29, 1.82) is 0 Å². The minimum atomic E-state index is -0.806. The van der Waals surface area contributed by atoms with Crippen LogP contribution in [0.1, 0.15) is 168 Å². The molecule has 1 N–H and O–H groups in total. The molecule has 0 aromatic rings. The van der Waals surface area contributed by atoms with Crippen LogP contribution in [0.2, 0.25) is 0 Å². The summed E-state index contributed by atoms with van der Waals surface area (Å²) in [7, 11) is 0. The molecule has 0 saturated heterocycles. The predicted molar refractivity (Wildman–Crippen MR) is 205 cm³/mol. The summed E-state index contributed by atoms with van der Waals surface area (Å²) in [6, 6.07) is 0. The van der Waals surface area contributed by atoms with Crippen LogP contribution in [0.4, 0.5) is 0 Å². The van der Waals surface area contributed by atoms with E-state index in [2.05, 4.69) is 86.8 Å². The number of aliphatic hydroxyl groups is 1. The number of carbonyl (C=O) groups excluding carboxylic acids is 2. The molecule has 274 valence electrons. The van der Waals surface area contributed by atoms with E-state index in [0.717, 1.165) is 64.2 Å². The van der Waals surface area contributed by atoms with Crippen LogP contribution in [0.25, 0.3) is 0 Å². The van der Waals surface area contributed by atoms with E-state index in [1.54, 1.807) is 0 Å². The summed E-state index contributed by atoms with van der Waals surface area (Å²) in [5.74, 6) is -0.683. The normalized spacial score (nSPS) is 13.0. The van der Waals surface area contributed by atoms with Gasteiger partial charge in [0.2, 0.25) is 0 Å². The molecular weight excluding hydrogens is 596 g/mol. The van der Waals surface area contributed by atoms with Gasteiger partial charge in [-0.15, -0.1) is 0 Å². The van der Waals surface area contributed by atoms with Crippen LogP contribution < -0.4 is 0 Å². The highest BCUT2D eigenvalue weighted by Crippen LogP contribution is 2.10. The average molecular weight is 669 g/mol. The van der Waals surface area contributed by atoms with Gasteiger partial charge in [-0.25, -0.2) is 0 Å². The largest absolute Gasteiger partial charge is 0.462 e. The van der Waals surface area contributed by atoms with Crippen LogP contribution in [-0.4, -0.2) is 36.4 Å². The van der Waals surface area contributed by atoms with E-state index in [4.69, 9.17) is 9.47 Å². The van der Waals surface area contributed by atoms with Gasteiger partial charge >= 0.3 is 11.9 Å². The number of ether oxygens (including phenoxy) is 2. The SMILES string of the molecule is CCCCCC=CCC=CCC=CCCCCCCC(=O)O[C@@H](CO)COC(=O)CCCC=CCC=CCC=CCCCCCCCC. The lowest BCUT2D eigenvalue weighted by atomic mass is 10.1. The van der Waals surface area contributed by atoms with Gasteiger partial charge in [0.25, 0.3) is 0 Å². The monoisotopic (exact) mass is 669 g/mol. The topological polar surface area (TPSA) is 72.8 Å². The van der Waals surface area contributed by atoms with Crippen molar-refractivity contribution in [1.82, 2.24) is 0 Å². The van der Waals surface area contributed by atoms with E-state index in [1.165, 1.54) is 70.6 Å². The molecule has 5 heteroatoms. The highest BCUT2D eigenvalue weighted by molar-refractivity contribution is 5.70. The third-order valence-corrected chi connectivity index (χ3v) is 7.97. The van der Waals surface area contributed by atoms with Crippen LogP contribution in [-0.2, 0) is 19.1 Å². The molecule has 0 saturated carbocycles. The Bertz CT molecular complexity index is 895. The number of hydrogen-bond donors (Lipinski definition) is 1. The second kappa shape index (κ2) is 38.8. The third kappa shape index (κ3) is 36.2. The Morgan fingerprint density at radius 1 is 0.479 bits per heavy atom. The molecule has 0 amide bonds. The number of hydrogen-bond acceptors (Lipinski definition) is 5. The Hall–Kier alpha value is -2.66. The first-order chi connectivity index (χ1) is 23.6. The van der Waals surface area contributed by atoms with Crippen molar-refractivity contribution in [2.45, 2.75) is 174 Å². The maximum absolute atomic E-state index is 12.2. The first-order valence-electron chi connectivity index (χ1n) is 19.5. The van der Waals surface area contributed by atoms with Crippen molar-refractivity contribution in [3.63, 3.8) is 0 Å². The van der Waals surface area contributed by atoms with Gasteiger partial charge in [0.05, 0.1) is 6.61 Å². The third-order valence-electron chi connectivity index (χ3n) is 7.97. The summed E-state index contributed by atoms with van der Waals surface area (Å²) < 4.78 is 10.5. The highest BCUT2D eigenvalue weighted by Gasteiger charge is 2.15. The van der Waals surface area contributed by atoms with E-state index in [9.17, 15) is 14.7 Å². The molecule has 0 aliphatic rings. The van der Waals surface area contributed by atoms with Crippen molar-refractivity contribution >= 4 is 11.9 Å². The van der Waals surface area contributed by atoms with Crippen LogP contribution >= 0.6 is 0 Å². The Balaban J connectivity index is 3.72. The zero-order valence-electron chi connectivity index (χ0n) is 31.0. The van der Waals surface area contributed by atoms with Crippen molar-refractivity contribution < 1.29 is 24.2 Å². The lowest BCUT2D eigenvalue weighted by molar-refractivity contribution is -0.161. The smallest absolute Gasteiger partial charge is 0.306 e. The van der Waals surface area contributed by atoms with Gasteiger partial charge in [0.1, 0.15) is 6.61 Å². The first-order valence-corrected chi connectivity index (χ1v) is 19.5. The molecule has 0 aromatic carbocycles. The number of esters is 2. The molecule has 0 radical (unpaired) electrons. The summed E-state index contributed by atoms with van der Waals surface area (Å²) in [5, 5.41) is 9.54. The fraction of sp³-hybridized carbons (Fsp3) is 0.674. The molecule has 0 aromatic heterocycles. The zero-order valence-corrected chi connectivity index (χ0v) is 31.0. The lowest BCUT2D eigenvalue weighted by Gasteiger charge is -2.15. The van der Waals surface area contributed by atoms with Crippen molar-refractivity contribution in [3.05, 3.63) is 72.9 Å². The number of aliphatic hydroxyl groups excluding tert-OH is 1.